The second-order valence-corrected chi connectivity index (χ2v) is 10.4. The third-order valence-electron chi connectivity index (χ3n) is 4.57. The number of thiazole rings is 2. The standard InChI is InChI=1S/C18H19N5O3S3/c1-12-16(29(25,26)19-2)28-17(21-12)23-10-3-9-22(18(23)24)14-6-4-13(5-7-14)15-20-8-11-27-15/h4-8,11,19H,3,9-10H2,1-2H3. The van der Waals surface area contributed by atoms with Gasteiger partial charge in [0.1, 0.15) is 5.01 Å². The Balaban J connectivity index is 1.59. The molecule has 0 bridgehead atoms. The van der Waals surface area contributed by atoms with Crippen LogP contribution in [0.3, 0.4) is 0 Å². The lowest BCUT2D eigenvalue weighted by Gasteiger charge is -2.34. The molecule has 1 aliphatic rings. The second kappa shape index (κ2) is 7.82. The van der Waals surface area contributed by atoms with Gasteiger partial charge in [0, 0.05) is 35.9 Å². The number of amides is 2. The zero-order chi connectivity index (χ0) is 20.6. The van der Waals surface area contributed by atoms with E-state index in [4.69, 9.17) is 0 Å². The number of urea groups is 1. The fourth-order valence-corrected chi connectivity index (χ4v) is 6.12. The van der Waals surface area contributed by atoms with Crippen LogP contribution >= 0.6 is 22.7 Å². The SMILES string of the molecule is CNS(=O)(=O)c1sc(N2CCCN(c3ccc(-c4nccs4)cc3)C2=O)nc1C. The number of hydrogen-bond donors (Lipinski definition) is 1. The Morgan fingerprint density at radius 3 is 2.52 bits per heavy atom. The van der Waals surface area contributed by atoms with E-state index < -0.39 is 10.0 Å². The third kappa shape index (κ3) is 3.78. The van der Waals surface area contributed by atoms with Gasteiger partial charge < -0.3 is 0 Å². The summed E-state index contributed by atoms with van der Waals surface area (Å²) in [6.45, 7) is 2.73. The fourth-order valence-electron chi connectivity index (χ4n) is 3.12. The van der Waals surface area contributed by atoms with Crippen molar-refractivity contribution in [1.82, 2.24) is 14.7 Å². The molecule has 2 aromatic heterocycles. The molecule has 1 aliphatic heterocycles. The van der Waals surface area contributed by atoms with E-state index in [1.54, 1.807) is 34.3 Å². The van der Waals surface area contributed by atoms with Crippen molar-refractivity contribution in [2.75, 3.05) is 29.9 Å². The molecular formula is C18H19N5O3S3. The van der Waals surface area contributed by atoms with Crippen LogP contribution in [0, 0.1) is 6.92 Å². The molecule has 0 saturated carbocycles. The Morgan fingerprint density at radius 1 is 1.14 bits per heavy atom. The molecule has 4 rings (SSSR count). The molecule has 1 N–H and O–H groups in total. The molecule has 1 fully saturated rings. The fraction of sp³-hybridized carbons (Fsp3) is 0.278. The van der Waals surface area contributed by atoms with E-state index in [-0.39, 0.29) is 10.2 Å². The maximum atomic E-state index is 13.1. The second-order valence-electron chi connectivity index (χ2n) is 6.40. The Labute approximate surface area is 176 Å². The van der Waals surface area contributed by atoms with Crippen LogP contribution in [0.5, 0.6) is 0 Å². The van der Waals surface area contributed by atoms with Gasteiger partial charge in [-0.3, -0.25) is 9.80 Å². The number of benzene rings is 1. The molecular weight excluding hydrogens is 430 g/mol. The van der Waals surface area contributed by atoms with E-state index in [1.807, 2.05) is 29.6 Å². The first-order valence-corrected chi connectivity index (χ1v) is 12.1. The van der Waals surface area contributed by atoms with Gasteiger partial charge in [0.25, 0.3) is 10.0 Å². The molecule has 0 spiro atoms. The van der Waals surface area contributed by atoms with E-state index in [9.17, 15) is 13.2 Å². The summed E-state index contributed by atoms with van der Waals surface area (Å²) in [5, 5.41) is 3.25. The molecule has 11 heteroatoms. The number of nitrogens with one attached hydrogen (secondary N) is 1. The highest BCUT2D eigenvalue weighted by atomic mass is 32.2. The number of hydrogen-bond acceptors (Lipinski definition) is 7. The van der Waals surface area contributed by atoms with Crippen LogP contribution in [0.25, 0.3) is 10.6 Å². The number of rotatable bonds is 5. The van der Waals surface area contributed by atoms with E-state index in [2.05, 4.69) is 14.7 Å². The number of aryl methyl sites for hydroxylation is 1. The highest BCUT2D eigenvalue weighted by Crippen LogP contribution is 2.33. The van der Waals surface area contributed by atoms with Crippen molar-refractivity contribution < 1.29 is 13.2 Å². The van der Waals surface area contributed by atoms with Gasteiger partial charge in [-0.15, -0.1) is 11.3 Å². The summed E-state index contributed by atoms with van der Waals surface area (Å²) in [5.41, 5.74) is 2.18. The van der Waals surface area contributed by atoms with E-state index in [0.717, 1.165) is 34.0 Å². The summed E-state index contributed by atoms with van der Waals surface area (Å²) in [6, 6.07) is 7.50. The average Bonchev–Trinajstić information content (AvgIpc) is 3.39. The largest absolute Gasteiger partial charge is 0.330 e. The zero-order valence-corrected chi connectivity index (χ0v) is 18.3. The molecule has 0 atom stereocenters. The minimum atomic E-state index is -3.61. The summed E-state index contributed by atoms with van der Waals surface area (Å²) in [4.78, 5) is 25.0. The number of carbonyl (C=O) groups is 1. The van der Waals surface area contributed by atoms with Crippen molar-refractivity contribution in [2.24, 2.45) is 0 Å². The van der Waals surface area contributed by atoms with Gasteiger partial charge in [0.2, 0.25) is 0 Å². The molecule has 0 aliphatic carbocycles. The Bertz CT molecular complexity index is 1120. The zero-order valence-electron chi connectivity index (χ0n) is 15.8. The van der Waals surface area contributed by atoms with Gasteiger partial charge >= 0.3 is 6.03 Å². The Kier molecular flexibility index (Phi) is 5.38. The van der Waals surface area contributed by atoms with Gasteiger partial charge in [-0.1, -0.05) is 11.3 Å². The summed E-state index contributed by atoms with van der Waals surface area (Å²) >= 11 is 2.57. The van der Waals surface area contributed by atoms with Gasteiger partial charge in [-0.05, 0) is 44.7 Å². The molecule has 3 heterocycles. The van der Waals surface area contributed by atoms with Crippen molar-refractivity contribution in [3.05, 3.63) is 41.5 Å². The van der Waals surface area contributed by atoms with Gasteiger partial charge in [0.15, 0.2) is 9.34 Å². The average molecular weight is 450 g/mol. The van der Waals surface area contributed by atoms with Crippen LogP contribution in [0.2, 0.25) is 0 Å². The summed E-state index contributed by atoms with van der Waals surface area (Å²) in [7, 11) is -2.25. The molecule has 3 aromatic rings. The van der Waals surface area contributed by atoms with Crippen LogP contribution in [0.15, 0.2) is 40.1 Å². The molecule has 1 aromatic carbocycles. The smallest absolute Gasteiger partial charge is 0.294 e. The van der Waals surface area contributed by atoms with Crippen molar-refractivity contribution >= 4 is 49.5 Å². The lowest BCUT2D eigenvalue weighted by Crippen LogP contribution is -2.49. The van der Waals surface area contributed by atoms with Crippen LogP contribution < -0.4 is 14.5 Å². The number of sulfonamides is 1. The highest BCUT2D eigenvalue weighted by Gasteiger charge is 2.31. The normalized spacial score (nSPS) is 15.2. The van der Waals surface area contributed by atoms with Crippen LogP contribution in [0.1, 0.15) is 12.1 Å². The molecule has 0 unspecified atom stereocenters. The Morgan fingerprint density at radius 2 is 1.86 bits per heavy atom. The third-order valence-corrected chi connectivity index (χ3v) is 8.60. The first-order chi connectivity index (χ1) is 13.9. The van der Waals surface area contributed by atoms with Crippen LogP contribution in [-0.2, 0) is 10.0 Å². The first-order valence-electron chi connectivity index (χ1n) is 8.90. The highest BCUT2D eigenvalue weighted by molar-refractivity contribution is 7.91. The molecule has 8 nitrogen and oxygen atoms in total. The molecule has 2 amide bonds. The molecule has 0 radical (unpaired) electrons. The predicted octanol–water partition coefficient (Wildman–Crippen LogP) is 3.32. The number of carbonyl (C=O) groups excluding carboxylic acids is 1. The lowest BCUT2D eigenvalue weighted by atomic mass is 10.2. The van der Waals surface area contributed by atoms with Crippen molar-refractivity contribution in [3.8, 4) is 10.6 Å². The number of nitrogens with zero attached hydrogens (tertiary/aromatic N) is 4. The number of aromatic nitrogens is 2. The minimum absolute atomic E-state index is 0.132. The summed E-state index contributed by atoms with van der Waals surface area (Å²) in [5.74, 6) is 0. The van der Waals surface area contributed by atoms with E-state index in [0.29, 0.717) is 23.9 Å². The summed E-state index contributed by atoms with van der Waals surface area (Å²) in [6.07, 6.45) is 2.52. The van der Waals surface area contributed by atoms with Crippen molar-refractivity contribution in [3.63, 3.8) is 0 Å². The quantitative estimate of drug-likeness (QED) is 0.645. The van der Waals surface area contributed by atoms with Crippen LogP contribution in [-0.4, -0.2) is 44.6 Å². The maximum absolute atomic E-state index is 13.1. The van der Waals surface area contributed by atoms with Gasteiger partial charge in [-0.2, -0.15) is 0 Å². The lowest BCUT2D eigenvalue weighted by molar-refractivity contribution is 0.248. The topological polar surface area (TPSA) is 95.5 Å². The molecule has 29 heavy (non-hydrogen) atoms. The van der Waals surface area contributed by atoms with E-state index in [1.165, 1.54) is 7.05 Å². The van der Waals surface area contributed by atoms with Gasteiger partial charge in [-0.25, -0.2) is 27.9 Å². The Hall–Kier alpha value is -2.34. The minimum Gasteiger partial charge on any atom is -0.294 e. The van der Waals surface area contributed by atoms with Crippen molar-refractivity contribution in [1.29, 1.82) is 0 Å². The first kappa shape index (κ1) is 20.0. The predicted molar refractivity (Wildman–Crippen MR) is 115 cm³/mol. The maximum Gasteiger partial charge on any atom is 0.330 e. The van der Waals surface area contributed by atoms with E-state index >= 15 is 0 Å². The molecule has 152 valence electrons. The van der Waals surface area contributed by atoms with Crippen molar-refractivity contribution in [2.45, 2.75) is 17.6 Å². The monoisotopic (exact) mass is 449 g/mol. The summed E-state index contributed by atoms with van der Waals surface area (Å²) < 4.78 is 26.7. The van der Waals surface area contributed by atoms with Gasteiger partial charge in [0.05, 0.1) is 5.69 Å². The number of anilines is 2. The van der Waals surface area contributed by atoms with Crippen LogP contribution in [0.4, 0.5) is 15.6 Å². The molecule has 1 saturated heterocycles.